The summed E-state index contributed by atoms with van der Waals surface area (Å²) < 4.78 is 0. The molecule has 2 heteroatoms. The Kier molecular flexibility index (Phi) is 1.86. The molecule has 0 bridgehead atoms. The summed E-state index contributed by atoms with van der Waals surface area (Å²) in [6.07, 6.45) is 2.10. The quantitative estimate of drug-likeness (QED) is 0.565. The summed E-state index contributed by atoms with van der Waals surface area (Å²) in [5, 5.41) is 9.00. The zero-order valence-corrected chi connectivity index (χ0v) is 5.63. The van der Waals surface area contributed by atoms with E-state index in [0.29, 0.717) is 6.42 Å². The van der Waals surface area contributed by atoms with Crippen molar-refractivity contribution in [2.24, 2.45) is 5.92 Å². The number of rotatable bonds is 1. The molecule has 0 aromatic rings. The lowest BCUT2D eigenvalue weighted by molar-refractivity contribution is -0.123. The maximum Gasteiger partial charge on any atom is 0.138 e. The summed E-state index contributed by atoms with van der Waals surface area (Å²) in [4.78, 5) is 10.9. The summed E-state index contributed by atoms with van der Waals surface area (Å²) >= 11 is 0. The predicted molar refractivity (Wildman–Crippen MR) is 34.0 cm³/mol. The second-order valence-corrected chi connectivity index (χ2v) is 2.71. The van der Waals surface area contributed by atoms with E-state index in [1.807, 2.05) is 0 Å². The first-order valence-corrected chi connectivity index (χ1v) is 3.42. The highest BCUT2D eigenvalue weighted by atomic mass is 16.3. The van der Waals surface area contributed by atoms with Crippen LogP contribution in [0.4, 0.5) is 0 Å². The molecule has 0 amide bonds. The summed E-state index contributed by atoms with van der Waals surface area (Å²) in [6, 6.07) is 0. The van der Waals surface area contributed by atoms with Gasteiger partial charge in [-0.3, -0.25) is 4.79 Å². The van der Waals surface area contributed by atoms with Crippen molar-refractivity contribution in [1.29, 1.82) is 0 Å². The Morgan fingerprint density at radius 3 is 2.67 bits per heavy atom. The minimum Gasteiger partial charge on any atom is -0.393 e. The van der Waals surface area contributed by atoms with Crippen LogP contribution in [-0.4, -0.2) is 17.0 Å². The molecule has 0 aromatic heterocycles. The van der Waals surface area contributed by atoms with Gasteiger partial charge in [0.15, 0.2) is 0 Å². The molecule has 52 valence electrons. The summed E-state index contributed by atoms with van der Waals surface area (Å²) in [7, 11) is 0. The number of hydrogen-bond acceptors (Lipinski definition) is 2. The Labute approximate surface area is 54.9 Å². The molecular formula is C7H12O2. The molecule has 0 aromatic carbocycles. The van der Waals surface area contributed by atoms with Gasteiger partial charge in [-0.2, -0.15) is 0 Å². The van der Waals surface area contributed by atoms with Crippen molar-refractivity contribution in [2.45, 2.75) is 32.3 Å². The third-order valence-corrected chi connectivity index (χ3v) is 1.93. The molecule has 0 unspecified atom stereocenters. The number of ketones is 1. The van der Waals surface area contributed by atoms with Crippen LogP contribution < -0.4 is 0 Å². The van der Waals surface area contributed by atoms with E-state index in [9.17, 15) is 4.79 Å². The van der Waals surface area contributed by atoms with Crippen LogP contribution in [0.25, 0.3) is 0 Å². The fourth-order valence-electron chi connectivity index (χ4n) is 1.35. The van der Waals surface area contributed by atoms with E-state index in [4.69, 9.17) is 5.11 Å². The Bertz CT molecular complexity index is 118. The van der Waals surface area contributed by atoms with Crippen molar-refractivity contribution in [1.82, 2.24) is 0 Å². The van der Waals surface area contributed by atoms with Crippen molar-refractivity contribution < 1.29 is 9.90 Å². The molecule has 2 atom stereocenters. The predicted octanol–water partition coefficient (Wildman–Crippen LogP) is 0.736. The first-order valence-electron chi connectivity index (χ1n) is 3.42. The van der Waals surface area contributed by atoms with Crippen LogP contribution in [0.2, 0.25) is 0 Å². The first-order chi connectivity index (χ1) is 4.22. The summed E-state index contributed by atoms with van der Waals surface area (Å²) in [5.41, 5.74) is 0. The number of aliphatic hydroxyl groups is 1. The monoisotopic (exact) mass is 128 g/mol. The molecule has 9 heavy (non-hydrogen) atoms. The second-order valence-electron chi connectivity index (χ2n) is 2.71. The third-order valence-electron chi connectivity index (χ3n) is 1.93. The Morgan fingerprint density at radius 2 is 2.44 bits per heavy atom. The van der Waals surface area contributed by atoms with Gasteiger partial charge in [0.25, 0.3) is 0 Å². The van der Waals surface area contributed by atoms with E-state index in [-0.39, 0.29) is 11.7 Å². The van der Waals surface area contributed by atoms with Gasteiger partial charge in [0.2, 0.25) is 0 Å². The molecule has 0 saturated heterocycles. The van der Waals surface area contributed by atoms with Crippen molar-refractivity contribution in [3.8, 4) is 0 Å². The van der Waals surface area contributed by atoms with Crippen LogP contribution in [0, 0.1) is 5.92 Å². The molecule has 1 fully saturated rings. The third kappa shape index (κ3) is 1.30. The van der Waals surface area contributed by atoms with Crippen molar-refractivity contribution in [3.63, 3.8) is 0 Å². The van der Waals surface area contributed by atoms with E-state index in [2.05, 4.69) is 0 Å². The molecule has 1 aliphatic carbocycles. The van der Waals surface area contributed by atoms with Crippen LogP contribution in [0.3, 0.4) is 0 Å². The molecule has 0 aliphatic heterocycles. The fourth-order valence-corrected chi connectivity index (χ4v) is 1.35. The maximum absolute atomic E-state index is 10.9. The Morgan fingerprint density at radius 1 is 1.78 bits per heavy atom. The molecule has 1 rings (SSSR count). The number of Topliss-reactive ketones (excluding diaryl/α,β-unsaturated/α-hetero) is 1. The average molecular weight is 128 g/mol. The Hall–Kier alpha value is -0.370. The molecule has 2 nitrogen and oxygen atoms in total. The molecule has 1 aliphatic rings. The number of aliphatic hydroxyl groups excluding tert-OH is 1. The fraction of sp³-hybridized carbons (Fsp3) is 0.857. The van der Waals surface area contributed by atoms with Crippen molar-refractivity contribution >= 4 is 5.78 Å². The van der Waals surface area contributed by atoms with E-state index in [0.717, 1.165) is 12.8 Å². The van der Waals surface area contributed by atoms with Crippen LogP contribution >= 0.6 is 0 Å². The molecule has 0 heterocycles. The maximum atomic E-state index is 10.9. The van der Waals surface area contributed by atoms with Gasteiger partial charge in [-0.1, -0.05) is 0 Å². The highest BCUT2D eigenvalue weighted by Gasteiger charge is 2.27. The van der Waals surface area contributed by atoms with Gasteiger partial charge in [-0.05, 0) is 19.8 Å². The van der Waals surface area contributed by atoms with E-state index >= 15 is 0 Å². The normalized spacial score (nSPS) is 30.9. The topological polar surface area (TPSA) is 37.3 Å². The molecular weight excluding hydrogens is 116 g/mol. The number of carbonyl (C=O) groups excluding carboxylic acids is 1. The van der Waals surface area contributed by atoms with Crippen LogP contribution in [0.1, 0.15) is 26.2 Å². The van der Waals surface area contributed by atoms with Gasteiger partial charge in [0.05, 0.1) is 6.10 Å². The van der Waals surface area contributed by atoms with Crippen molar-refractivity contribution in [2.75, 3.05) is 0 Å². The lowest BCUT2D eigenvalue weighted by Gasteiger charge is -2.09. The molecule has 1 N–H and O–H groups in total. The average Bonchev–Trinajstić information content (AvgIpc) is 2.13. The molecule has 0 radical (unpaired) electrons. The van der Waals surface area contributed by atoms with E-state index in [1.165, 1.54) is 0 Å². The minimum absolute atomic E-state index is 0.0509. The second kappa shape index (κ2) is 2.48. The van der Waals surface area contributed by atoms with Gasteiger partial charge in [-0.15, -0.1) is 0 Å². The van der Waals surface area contributed by atoms with Crippen LogP contribution in [0.5, 0.6) is 0 Å². The van der Waals surface area contributed by atoms with Gasteiger partial charge < -0.3 is 5.11 Å². The van der Waals surface area contributed by atoms with E-state index < -0.39 is 6.10 Å². The van der Waals surface area contributed by atoms with Gasteiger partial charge in [0, 0.05) is 12.3 Å². The zero-order valence-electron chi connectivity index (χ0n) is 5.63. The Balaban J connectivity index is 2.49. The van der Waals surface area contributed by atoms with Crippen LogP contribution in [0.15, 0.2) is 0 Å². The standard InChI is InChI=1S/C7H12O2/c1-5(8)6-3-2-4-7(6)9/h5-6,8H,2-4H2,1H3/t5-,6-/m1/s1. The molecule has 0 spiro atoms. The van der Waals surface area contributed by atoms with Crippen molar-refractivity contribution in [3.05, 3.63) is 0 Å². The highest BCUT2D eigenvalue weighted by Crippen LogP contribution is 2.23. The van der Waals surface area contributed by atoms with Crippen LogP contribution in [-0.2, 0) is 4.79 Å². The van der Waals surface area contributed by atoms with E-state index in [1.54, 1.807) is 6.92 Å². The van der Waals surface area contributed by atoms with Gasteiger partial charge in [0.1, 0.15) is 5.78 Å². The lowest BCUT2D eigenvalue weighted by Crippen LogP contribution is -2.20. The SMILES string of the molecule is C[C@@H](O)[C@H]1CCCC1=O. The molecule has 1 saturated carbocycles. The number of hydrogen-bond donors (Lipinski definition) is 1. The lowest BCUT2D eigenvalue weighted by atomic mass is 10.0. The smallest absolute Gasteiger partial charge is 0.138 e. The van der Waals surface area contributed by atoms with Gasteiger partial charge >= 0.3 is 0 Å². The van der Waals surface area contributed by atoms with Gasteiger partial charge in [-0.25, -0.2) is 0 Å². The number of carbonyl (C=O) groups is 1. The summed E-state index contributed by atoms with van der Waals surface area (Å²) in [6.45, 7) is 1.69. The first kappa shape index (κ1) is 6.75. The highest BCUT2D eigenvalue weighted by molar-refractivity contribution is 5.83. The zero-order chi connectivity index (χ0) is 6.85. The minimum atomic E-state index is -0.431. The summed E-state index contributed by atoms with van der Waals surface area (Å²) in [5.74, 6) is 0.190. The largest absolute Gasteiger partial charge is 0.393 e.